The van der Waals surface area contributed by atoms with Gasteiger partial charge in [0.05, 0.1) is 21.8 Å². The molecule has 2 rings (SSSR count). The third-order valence-electron chi connectivity index (χ3n) is 2.69. The summed E-state index contributed by atoms with van der Waals surface area (Å²) in [4.78, 5) is 15.4. The minimum Gasteiger partial charge on any atom is -0.443 e. The number of primary amides is 1. The number of aliphatic hydroxyl groups is 1. The lowest BCUT2D eigenvalue weighted by atomic mass is 10.1. The highest BCUT2D eigenvalue weighted by atomic mass is 79.9. The molecule has 20 heavy (non-hydrogen) atoms. The molecule has 7 heteroatoms. The van der Waals surface area contributed by atoms with Gasteiger partial charge in [0, 0.05) is 10.9 Å². The van der Waals surface area contributed by atoms with Gasteiger partial charge in [0.2, 0.25) is 0 Å². The van der Waals surface area contributed by atoms with Gasteiger partial charge < -0.3 is 15.6 Å². The molecule has 3 N–H and O–H groups in total. The number of thiazole rings is 1. The topological polar surface area (TPSA) is 85.4 Å². The Morgan fingerprint density at radius 1 is 1.55 bits per heavy atom. The lowest BCUT2D eigenvalue weighted by Gasteiger charge is -2.22. The Labute approximate surface area is 128 Å². The predicted molar refractivity (Wildman–Crippen MR) is 81.7 cm³/mol. The summed E-state index contributed by atoms with van der Waals surface area (Å²) in [7, 11) is 0. The molecule has 0 saturated carbocycles. The van der Waals surface area contributed by atoms with Gasteiger partial charge in [-0.3, -0.25) is 0 Å². The second kappa shape index (κ2) is 5.67. The van der Waals surface area contributed by atoms with Crippen LogP contribution in [0.25, 0.3) is 10.2 Å². The van der Waals surface area contributed by atoms with Crippen molar-refractivity contribution in [3.8, 4) is 0 Å². The lowest BCUT2D eigenvalue weighted by molar-refractivity contribution is 0.0460. The quantitative estimate of drug-likeness (QED) is 0.879. The average molecular weight is 359 g/mol. The lowest BCUT2D eigenvalue weighted by Crippen LogP contribution is -2.33. The standard InChI is InChI=1S/C13H15BrN2O3S/c1-13(2,19-12(15)18)5-10-16-11-8(14)3-7(6-17)4-9(11)20-10/h3-4,17H,5-6H2,1-2H3,(H2,15,18). The highest BCUT2D eigenvalue weighted by Crippen LogP contribution is 2.32. The van der Waals surface area contributed by atoms with Crippen molar-refractivity contribution < 1.29 is 14.6 Å². The monoisotopic (exact) mass is 358 g/mol. The summed E-state index contributed by atoms with van der Waals surface area (Å²) >= 11 is 4.96. The van der Waals surface area contributed by atoms with E-state index in [4.69, 9.17) is 10.5 Å². The van der Waals surface area contributed by atoms with Crippen LogP contribution in [0.15, 0.2) is 16.6 Å². The third-order valence-corrected chi connectivity index (χ3v) is 4.30. The van der Waals surface area contributed by atoms with E-state index >= 15 is 0 Å². The maximum atomic E-state index is 10.9. The van der Waals surface area contributed by atoms with Crippen molar-refractivity contribution in [2.45, 2.75) is 32.5 Å². The van der Waals surface area contributed by atoms with E-state index in [9.17, 15) is 9.90 Å². The molecule has 0 radical (unpaired) electrons. The van der Waals surface area contributed by atoms with E-state index in [-0.39, 0.29) is 6.61 Å². The number of hydrogen-bond acceptors (Lipinski definition) is 5. The van der Waals surface area contributed by atoms with Crippen LogP contribution in [-0.4, -0.2) is 21.8 Å². The second-order valence-corrected chi connectivity index (χ2v) is 7.02. The number of nitrogens with two attached hydrogens (primary N) is 1. The number of fused-ring (bicyclic) bond motifs is 1. The molecule has 0 fully saturated rings. The summed E-state index contributed by atoms with van der Waals surface area (Å²) in [5.74, 6) is 0. The Morgan fingerprint density at radius 2 is 2.25 bits per heavy atom. The summed E-state index contributed by atoms with van der Waals surface area (Å²) in [6, 6.07) is 3.75. The van der Waals surface area contributed by atoms with Crippen molar-refractivity contribution >= 4 is 43.6 Å². The first kappa shape index (κ1) is 15.2. The van der Waals surface area contributed by atoms with Gasteiger partial charge >= 0.3 is 6.09 Å². The number of halogens is 1. The van der Waals surface area contributed by atoms with Crippen LogP contribution in [0.4, 0.5) is 4.79 Å². The maximum Gasteiger partial charge on any atom is 0.405 e. The van der Waals surface area contributed by atoms with E-state index in [1.165, 1.54) is 11.3 Å². The van der Waals surface area contributed by atoms with Crippen LogP contribution in [0, 0.1) is 0 Å². The zero-order valence-electron chi connectivity index (χ0n) is 11.1. The van der Waals surface area contributed by atoms with Crippen molar-refractivity contribution in [2.24, 2.45) is 5.73 Å². The van der Waals surface area contributed by atoms with Crippen LogP contribution in [0.2, 0.25) is 0 Å². The molecule has 0 atom stereocenters. The molecule has 1 aromatic heterocycles. The van der Waals surface area contributed by atoms with Crippen molar-refractivity contribution in [3.63, 3.8) is 0 Å². The SMILES string of the molecule is CC(C)(Cc1nc2c(Br)cc(CO)cc2s1)OC(N)=O. The Balaban J connectivity index is 2.32. The van der Waals surface area contributed by atoms with Crippen molar-refractivity contribution in [3.05, 3.63) is 27.2 Å². The number of nitrogens with zero attached hydrogens (tertiary/aromatic N) is 1. The summed E-state index contributed by atoms with van der Waals surface area (Å²) in [5.41, 5.74) is 6.02. The highest BCUT2D eigenvalue weighted by molar-refractivity contribution is 9.10. The van der Waals surface area contributed by atoms with E-state index in [1.807, 2.05) is 12.1 Å². The maximum absolute atomic E-state index is 10.9. The van der Waals surface area contributed by atoms with E-state index in [1.54, 1.807) is 13.8 Å². The molecule has 1 amide bonds. The molecule has 0 unspecified atom stereocenters. The molecule has 0 aliphatic rings. The van der Waals surface area contributed by atoms with Crippen LogP contribution in [0.3, 0.4) is 0 Å². The minimum absolute atomic E-state index is 0.0158. The van der Waals surface area contributed by atoms with Crippen molar-refractivity contribution in [1.82, 2.24) is 4.98 Å². The van der Waals surface area contributed by atoms with E-state index in [2.05, 4.69) is 20.9 Å². The molecule has 1 heterocycles. The number of carbonyl (C=O) groups excluding carboxylic acids is 1. The van der Waals surface area contributed by atoms with Gasteiger partial charge in [-0.25, -0.2) is 9.78 Å². The number of ether oxygens (including phenoxy) is 1. The van der Waals surface area contributed by atoms with Gasteiger partial charge in [-0.15, -0.1) is 11.3 Å². The molecule has 5 nitrogen and oxygen atoms in total. The number of aliphatic hydroxyl groups excluding tert-OH is 1. The van der Waals surface area contributed by atoms with Crippen LogP contribution in [0.5, 0.6) is 0 Å². The fraction of sp³-hybridized carbons (Fsp3) is 0.385. The summed E-state index contributed by atoms with van der Waals surface area (Å²) in [5, 5.41) is 10.1. The normalized spacial score (nSPS) is 11.8. The predicted octanol–water partition coefficient (Wildman–Crippen LogP) is 2.97. The van der Waals surface area contributed by atoms with Crippen LogP contribution in [-0.2, 0) is 17.8 Å². The summed E-state index contributed by atoms with van der Waals surface area (Å²) < 4.78 is 6.89. The molecule has 1 aromatic carbocycles. The number of hydrogen-bond donors (Lipinski definition) is 2. The molecule has 0 bridgehead atoms. The number of rotatable bonds is 4. The zero-order chi connectivity index (χ0) is 14.9. The molecule has 108 valence electrons. The van der Waals surface area contributed by atoms with Gasteiger partial charge in [0.15, 0.2) is 0 Å². The van der Waals surface area contributed by atoms with Gasteiger partial charge in [-0.2, -0.15) is 0 Å². The molecule has 2 aromatic rings. The number of amides is 1. The fourth-order valence-corrected chi connectivity index (χ4v) is 3.93. The Morgan fingerprint density at radius 3 is 2.85 bits per heavy atom. The first-order valence-electron chi connectivity index (χ1n) is 5.98. The smallest absolute Gasteiger partial charge is 0.405 e. The van der Waals surface area contributed by atoms with Gasteiger partial charge in [-0.05, 0) is 47.5 Å². The zero-order valence-corrected chi connectivity index (χ0v) is 13.5. The first-order chi connectivity index (χ1) is 9.30. The van der Waals surface area contributed by atoms with Gasteiger partial charge in [0.25, 0.3) is 0 Å². The fourth-order valence-electron chi connectivity index (χ4n) is 1.93. The van der Waals surface area contributed by atoms with Crippen molar-refractivity contribution in [1.29, 1.82) is 0 Å². The third kappa shape index (κ3) is 3.47. The van der Waals surface area contributed by atoms with Gasteiger partial charge in [-0.1, -0.05) is 0 Å². The van der Waals surface area contributed by atoms with E-state index in [0.717, 1.165) is 25.3 Å². The van der Waals surface area contributed by atoms with Crippen LogP contribution in [0.1, 0.15) is 24.4 Å². The van der Waals surface area contributed by atoms with E-state index < -0.39 is 11.7 Å². The second-order valence-electron chi connectivity index (χ2n) is 5.05. The van der Waals surface area contributed by atoms with Gasteiger partial charge in [0.1, 0.15) is 5.60 Å². The number of carbonyl (C=O) groups is 1. The Bertz CT molecular complexity index is 654. The van der Waals surface area contributed by atoms with Crippen LogP contribution >= 0.6 is 27.3 Å². The number of benzene rings is 1. The molecular formula is C13H15BrN2O3S. The molecule has 0 spiro atoms. The molecule has 0 aliphatic carbocycles. The Kier molecular flexibility index (Phi) is 4.31. The molecular weight excluding hydrogens is 344 g/mol. The average Bonchev–Trinajstić information content (AvgIpc) is 2.68. The molecule has 0 aliphatic heterocycles. The largest absolute Gasteiger partial charge is 0.443 e. The molecule has 0 saturated heterocycles. The number of aromatic nitrogens is 1. The van der Waals surface area contributed by atoms with Crippen LogP contribution < -0.4 is 5.73 Å². The minimum atomic E-state index is -0.792. The summed E-state index contributed by atoms with van der Waals surface area (Å²) in [6.45, 7) is 3.56. The first-order valence-corrected chi connectivity index (χ1v) is 7.59. The highest BCUT2D eigenvalue weighted by Gasteiger charge is 2.24. The Hall–Kier alpha value is -1.18. The van der Waals surface area contributed by atoms with E-state index in [0.29, 0.717) is 6.42 Å². The summed E-state index contributed by atoms with van der Waals surface area (Å²) in [6.07, 6.45) is -0.309. The van der Waals surface area contributed by atoms with Crippen molar-refractivity contribution in [2.75, 3.05) is 0 Å².